The normalized spacial score (nSPS) is 10.5. The van der Waals surface area contributed by atoms with Gasteiger partial charge in [0, 0.05) is 12.4 Å². The van der Waals surface area contributed by atoms with Gasteiger partial charge in [-0.2, -0.15) is 0 Å². The van der Waals surface area contributed by atoms with Gasteiger partial charge >= 0.3 is 0 Å². The highest BCUT2D eigenvalue weighted by molar-refractivity contribution is 6.33. The molecule has 6 nitrogen and oxygen atoms in total. The lowest BCUT2D eigenvalue weighted by Gasteiger charge is -2.07. The number of hydrogen-bond donors (Lipinski definition) is 1. The largest absolute Gasteiger partial charge is 0.319 e. The van der Waals surface area contributed by atoms with Gasteiger partial charge in [-0.15, -0.1) is 10.2 Å². The van der Waals surface area contributed by atoms with Gasteiger partial charge in [0.2, 0.25) is 0 Å². The van der Waals surface area contributed by atoms with Gasteiger partial charge in [-0.05, 0) is 31.2 Å². The Bertz CT molecular complexity index is 813. The van der Waals surface area contributed by atoms with Crippen LogP contribution in [-0.2, 0) is 0 Å². The van der Waals surface area contributed by atoms with E-state index >= 15 is 0 Å². The Balaban J connectivity index is 1.80. The fraction of sp³-hybridized carbons (Fsp3) is 0.0667. The average molecular weight is 314 g/mol. The molecule has 0 atom stereocenters. The van der Waals surface area contributed by atoms with Crippen molar-refractivity contribution >= 4 is 23.2 Å². The summed E-state index contributed by atoms with van der Waals surface area (Å²) in [6.45, 7) is 1.86. The summed E-state index contributed by atoms with van der Waals surface area (Å²) in [5.74, 6) is 1.03. The molecule has 0 spiro atoms. The summed E-state index contributed by atoms with van der Waals surface area (Å²) in [4.78, 5) is 16.3. The summed E-state index contributed by atoms with van der Waals surface area (Å²) >= 11 is 6.00. The van der Waals surface area contributed by atoms with E-state index in [0.717, 1.165) is 5.82 Å². The first kappa shape index (κ1) is 14.2. The SMILES string of the molecule is Cc1nccn1-c1ccc(C(=O)Nc2ccccc2Cl)nn1. The maximum absolute atomic E-state index is 12.1. The van der Waals surface area contributed by atoms with E-state index in [0.29, 0.717) is 16.5 Å². The number of amides is 1. The molecule has 0 unspecified atom stereocenters. The quantitative estimate of drug-likeness (QED) is 0.807. The Morgan fingerprint density at radius 1 is 1.18 bits per heavy atom. The van der Waals surface area contributed by atoms with Crippen LogP contribution in [-0.4, -0.2) is 25.7 Å². The third-order valence-corrected chi connectivity index (χ3v) is 3.41. The standard InChI is InChI=1S/C15H12ClN5O/c1-10-17-8-9-21(10)14-7-6-13(19-20-14)15(22)18-12-5-3-2-4-11(12)16/h2-9H,1H3,(H,18,22). The Morgan fingerprint density at radius 2 is 2.00 bits per heavy atom. The van der Waals surface area contributed by atoms with E-state index in [4.69, 9.17) is 11.6 Å². The second-order valence-corrected chi connectivity index (χ2v) is 4.96. The molecule has 7 heteroatoms. The van der Waals surface area contributed by atoms with Crippen molar-refractivity contribution in [3.63, 3.8) is 0 Å². The van der Waals surface area contributed by atoms with E-state index in [1.165, 1.54) is 0 Å². The Kier molecular flexibility index (Phi) is 3.84. The number of carbonyl (C=O) groups excluding carboxylic acids is 1. The van der Waals surface area contributed by atoms with Crippen molar-refractivity contribution in [3.05, 3.63) is 65.3 Å². The molecule has 0 aliphatic heterocycles. The van der Waals surface area contributed by atoms with Gasteiger partial charge < -0.3 is 5.32 Å². The molecule has 1 N–H and O–H groups in total. The smallest absolute Gasteiger partial charge is 0.276 e. The molecule has 1 amide bonds. The number of imidazole rings is 1. The van der Waals surface area contributed by atoms with Gasteiger partial charge in [0.25, 0.3) is 5.91 Å². The predicted molar refractivity (Wildman–Crippen MR) is 83.3 cm³/mol. The highest BCUT2D eigenvalue weighted by Gasteiger charge is 2.11. The zero-order valence-corrected chi connectivity index (χ0v) is 12.4. The number of aryl methyl sites for hydroxylation is 1. The fourth-order valence-corrected chi connectivity index (χ4v) is 2.13. The van der Waals surface area contributed by atoms with E-state index in [1.54, 1.807) is 53.4 Å². The van der Waals surface area contributed by atoms with Crippen LogP contribution in [0.3, 0.4) is 0 Å². The predicted octanol–water partition coefficient (Wildman–Crippen LogP) is 2.88. The summed E-state index contributed by atoms with van der Waals surface area (Å²) < 4.78 is 1.78. The molecular weight excluding hydrogens is 302 g/mol. The van der Waals surface area contributed by atoms with Crippen LogP contribution in [0.2, 0.25) is 5.02 Å². The first-order chi connectivity index (χ1) is 10.6. The third kappa shape index (κ3) is 2.82. The van der Waals surface area contributed by atoms with E-state index in [1.807, 2.05) is 6.92 Å². The van der Waals surface area contributed by atoms with Gasteiger partial charge in [0.1, 0.15) is 5.82 Å². The van der Waals surface area contributed by atoms with Crippen molar-refractivity contribution in [1.29, 1.82) is 0 Å². The summed E-state index contributed by atoms with van der Waals surface area (Å²) in [5, 5.41) is 11.2. The van der Waals surface area contributed by atoms with E-state index < -0.39 is 0 Å². The Labute approximate surface area is 131 Å². The monoisotopic (exact) mass is 313 g/mol. The summed E-state index contributed by atoms with van der Waals surface area (Å²) in [6, 6.07) is 10.3. The van der Waals surface area contributed by atoms with Crippen LogP contribution < -0.4 is 5.32 Å². The van der Waals surface area contributed by atoms with Crippen LogP contribution in [0.4, 0.5) is 5.69 Å². The van der Waals surface area contributed by atoms with Crippen molar-refractivity contribution in [1.82, 2.24) is 19.7 Å². The second kappa shape index (κ2) is 5.95. The van der Waals surface area contributed by atoms with Gasteiger partial charge in [-0.3, -0.25) is 9.36 Å². The molecule has 2 aromatic heterocycles. The summed E-state index contributed by atoms with van der Waals surface area (Å²) in [5.41, 5.74) is 0.743. The van der Waals surface area contributed by atoms with Crippen molar-refractivity contribution in [3.8, 4) is 5.82 Å². The number of nitrogens with zero attached hydrogens (tertiary/aromatic N) is 4. The van der Waals surface area contributed by atoms with Crippen LogP contribution in [0.15, 0.2) is 48.8 Å². The zero-order valence-electron chi connectivity index (χ0n) is 11.7. The molecule has 0 radical (unpaired) electrons. The molecule has 3 aromatic rings. The van der Waals surface area contributed by atoms with E-state index in [9.17, 15) is 4.79 Å². The molecule has 2 heterocycles. The number of para-hydroxylation sites is 1. The molecule has 0 aliphatic rings. The minimum absolute atomic E-state index is 0.210. The number of aromatic nitrogens is 4. The Hall–Kier alpha value is -2.73. The van der Waals surface area contributed by atoms with Crippen LogP contribution in [0.25, 0.3) is 5.82 Å². The topological polar surface area (TPSA) is 72.7 Å². The molecular formula is C15H12ClN5O. The third-order valence-electron chi connectivity index (χ3n) is 3.08. The Morgan fingerprint density at radius 3 is 2.64 bits per heavy atom. The minimum atomic E-state index is -0.366. The number of hydrogen-bond acceptors (Lipinski definition) is 4. The summed E-state index contributed by atoms with van der Waals surface area (Å²) in [7, 11) is 0. The van der Waals surface area contributed by atoms with Gasteiger partial charge in [-0.25, -0.2) is 4.98 Å². The van der Waals surface area contributed by atoms with Crippen molar-refractivity contribution in [2.75, 3.05) is 5.32 Å². The van der Waals surface area contributed by atoms with Crippen LogP contribution in [0.1, 0.15) is 16.3 Å². The van der Waals surface area contributed by atoms with Gasteiger partial charge in [-0.1, -0.05) is 23.7 Å². The molecule has 0 saturated heterocycles. The second-order valence-electron chi connectivity index (χ2n) is 4.56. The number of halogens is 1. The fourth-order valence-electron chi connectivity index (χ4n) is 1.94. The highest BCUT2D eigenvalue weighted by atomic mass is 35.5. The minimum Gasteiger partial charge on any atom is -0.319 e. The molecule has 3 rings (SSSR count). The maximum Gasteiger partial charge on any atom is 0.276 e. The van der Waals surface area contributed by atoms with Crippen LogP contribution in [0.5, 0.6) is 0 Å². The van der Waals surface area contributed by atoms with E-state index in [2.05, 4.69) is 20.5 Å². The first-order valence-corrected chi connectivity index (χ1v) is 6.93. The van der Waals surface area contributed by atoms with Crippen molar-refractivity contribution in [2.45, 2.75) is 6.92 Å². The first-order valence-electron chi connectivity index (χ1n) is 6.55. The van der Waals surface area contributed by atoms with Crippen LogP contribution >= 0.6 is 11.6 Å². The summed E-state index contributed by atoms with van der Waals surface area (Å²) in [6.07, 6.45) is 3.46. The molecule has 22 heavy (non-hydrogen) atoms. The average Bonchev–Trinajstić information content (AvgIpc) is 2.96. The van der Waals surface area contributed by atoms with E-state index in [-0.39, 0.29) is 11.6 Å². The van der Waals surface area contributed by atoms with Crippen molar-refractivity contribution in [2.24, 2.45) is 0 Å². The number of benzene rings is 1. The molecule has 0 bridgehead atoms. The molecule has 0 aliphatic carbocycles. The van der Waals surface area contributed by atoms with Crippen molar-refractivity contribution < 1.29 is 4.79 Å². The van der Waals surface area contributed by atoms with Gasteiger partial charge in [0.15, 0.2) is 11.5 Å². The zero-order chi connectivity index (χ0) is 15.5. The molecule has 0 saturated carbocycles. The molecule has 1 aromatic carbocycles. The molecule has 110 valence electrons. The lowest BCUT2D eigenvalue weighted by molar-refractivity contribution is 0.102. The molecule has 0 fully saturated rings. The lowest BCUT2D eigenvalue weighted by Crippen LogP contribution is -2.15. The number of carbonyl (C=O) groups is 1. The number of rotatable bonds is 3. The van der Waals surface area contributed by atoms with Gasteiger partial charge in [0.05, 0.1) is 10.7 Å². The number of anilines is 1. The lowest BCUT2D eigenvalue weighted by atomic mass is 10.3. The highest BCUT2D eigenvalue weighted by Crippen LogP contribution is 2.20. The number of nitrogens with one attached hydrogen (secondary N) is 1. The van der Waals surface area contributed by atoms with Crippen LogP contribution in [0, 0.1) is 6.92 Å². The maximum atomic E-state index is 12.1.